The van der Waals surface area contributed by atoms with E-state index in [2.05, 4.69) is 18.3 Å². The SMILES string of the molecule is CCOc1ccc(C)cc1-c1csc(Nc2ccc3c(c2)OCO3)n1. The molecular formula is C19H18N2O3S. The Kier molecular flexibility index (Phi) is 4.19. The predicted octanol–water partition coefficient (Wildman–Crippen LogP) is 4.99. The maximum absolute atomic E-state index is 5.74. The van der Waals surface area contributed by atoms with Crippen LogP contribution in [0.15, 0.2) is 41.8 Å². The van der Waals surface area contributed by atoms with E-state index in [-0.39, 0.29) is 6.79 Å². The van der Waals surface area contributed by atoms with Crippen LogP contribution in [0.3, 0.4) is 0 Å². The van der Waals surface area contributed by atoms with E-state index in [0.29, 0.717) is 6.61 Å². The Balaban J connectivity index is 1.59. The van der Waals surface area contributed by atoms with Gasteiger partial charge in [-0.25, -0.2) is 4.98 Å². The van der Waals surface area contributed by atoms with E-state index >= 15 is 0 Å². The highest BCUT2D eigenvalue weighted by Crippen LogP contribution is 2.37. The van der Waals surface area contributed by atoms with Crippen LogP contribution in [0.25, 0.3) is 11.3 Å². The van der Waals surface area contributed by atoms with Crippen molar-refractivity contribution < 1.29 is 14.2 Å². The molecule has 25 heavy (non-hydrogen) atoms. The first-order chi connectivity index (χ1) is 12.2. The number of aromatic nitrogens is 1. The summed E-state index contributed by atoms with van der Waals surface area (Å²) < 4.78 is 16.5. The molecular weight excluding hydrogens is 336 g/mol. The van der Waals surface area contributed by atoms with Gasteiger partial charge in [0.1, 0.15) is 5.75 Å². The molecule has 3 aromatic rings. The summed E-state index contributed by atoms with van der Waals surface area (Å²) in [6, 6.07) is 11.9. The number of fused-ring (bicyclic) bond motifs is 1. The van der Waals surface area contributed by atoms with E-state index < -0.39 is 0 Å². The molecule has 128 valence electrons. The van der Waals surface area contributed by atoms with E-state index in [1.54, 1.807) is 11.3 Å². The van der Waals surface area contributed by atoms with Gasteiger partial charge in [-0.3, -0.25) is 0 Å². The maximum atomic E-state index is 5.74. The fourth-order valence-corrected chi connectivity index (χ4v) is 3.41. The summed E-state index contributed by atoms with van der Waals surface area (Å²) >= 11 is 1.56. The van der Waals surface area contributed by atoms with Gasteiger partial charge in [0.05, 0.1) is 12.3 Å². The molecule has 0 bridgehead atoms. The Bertz CT molecular complexity index is 907. The van der Waals surface area contributed by atoms with Crippen molar-refractivity contribution in [2.24, 2.45) is 0 Å². The first-order valence-corrected chi connectivity index (χ1v) is 8.97. The number of nitrogens with zero attached hydrogens (tertiary/aromatic N) is 1. The third kappa shape index (κ3) is 3.25. The first-order valence-electron chi connectivity index (χ1n) is 8.09. The smallest absolute Gasteiger partial charge is 0.231 e. The summed E-state index contributed by atoms with van der Waals surface area (Å²) in [6.07, 6.45) is 0. The lowest BCUT2D eigenvalue weighted by molar-refractivity contribution is 0.174. The van der Waals surface area contributed by atoms with E-state index in [4.69, 9.17) is 19.2 Å². The molecule has 1 aliphatic heterocycles. The number of anilines is 2. The highest BCUT2D eigenvalue weighted by atomic mass is 32.1. The number of aryl methyl sites for hydroxylation is 1. The lowest BCUT2D eigenvalue weighted by Gasteiger charge is -2.09. The summed E-state index contributed by atoms with van der Waals surface area (Å²) in [6.45, 7) is 4.95. The zero-order valence-corrected chi connectivity index (χ0v) is 14.9. The molecule has 0 radical (unpaired) electrons. The van der Waals surface area contributed by atoms with Gasteiger partial charge in [-0.1, -0.05) is 11.6 Å². The van der Waals surface area contributed by atoms with Crippen LogP contribution >= 0.6 is 11.3 Å². The molecule has 1 aromatic heterocycles. The molecule has 0 aliphatic carbocycles. The van der Waals surface area contributed by atoms with Crippen molar-refractivity contribution in [1.29, 1.82) is 0 Å². The minimum atomic E-state index is 0.272. The van der Waals surface area contributed by atoms with E-state index in [9.17, 15) is 0 Å². The van der Waals surface area contributed by atoms with Crippen LogP contribution in [-0.4, -0.2) is 18.4 Å². The number of ether oxygens (including phenoxy) is 3. The van der Waals surface area contributed by atoms with Crippen molar-refractivity contribution in [3.63, 3.8) is 0 Å². The molecule has 0 amide bonds. The van der Waals surface area contributed by atoms with Gasteiger partial charge >= 0.3 is 0 Å². The Morgan fingerprint density at radius 3 is 2.92 bits per heavy atom. The van der Waals surface area contributed by atoms with Crippen molar-refractivity contribution in [2.45, 2.75) is 13.8 Å². The normalized spacial score (nSPS) is 12.2. The van der Waals surface area contributed by atoms with Crippen molar-refractivity contribution in [3.05, 3.63) is 47.3 Å². The van der Waals surface area contributed by atoms with E-state index in [0.717, 1.165) is 39.3 Å². The fraction of sp³-hybridized carbons (Fsp3) is 0.211. The number of rotatable bonds is 5. The highest BCUT2D eigenvalue weighted by Gasteiger charge is 2.15. The Labute approximate surface area is 150 Å². The molecule has 0 atom stereocenters. The van der Waals surface area contributed by atoms with Gasteiger partial charge < -0.3 is 19.5 Å². The van der Waals surface area contributed by atoms with Crippen molar-refractivity contribution in [2.75, 3.05) is 18.7 Å². The molecule has 6 heteroatoms. The molecule has 1 N–H and O–H groups in total. The number of benzene rings is 2. The van der Waals surface area contributed by atoms with Gasteiger partial charge in [0, 0.05) is 22.7 Å². The van der Waals surface area contributed by atoms with Crippen molar-refractivity contribution >= 4 is 22.2 Å². The molecule has 2 aromatic carbocycles. The average Bonchev–Trinajstić information content (AvgIpc) is 3.25. The van der Waals surface area contributed by atoms with Gasteiger partial charge in [0.25, 0.3) is 0 Å². The monoisotopic (exact) mass is 354 g/mol. The third-order valence-corrected chi connectivity index (χ3v) is 4.60. The molecule has 0 fully saturated rings. The second-order valence-corrected chi connectivity index (χ2v) is 6.52. The number of hydrogen-bond donors (Lipinski definition) is 1. The zero-order chi connectivity index (χ0) is 17.2. The maximum Gasteiger partial charge on any atom is 0.231 e. The zero-order valence-electron chi connectivity index (χ0n) is 14.0. The molecule has 1 aliphatic rings. The minimum absolute atomic E-state index is 0.272. The molecule has 5 nitrogen and oxygen atoms in total. The van der Waals surface area contributed by atoms with Gasteiger partial charge in [0.15, 0.2) is 16.6 Å². The van der Waals surface area contributed by atoms with Crippen molar-refractivity contribution in [3.8, 4) is 28.5 Å². The van der Waals surface area contributed by atoms with Crippen molar-refractivity contribution in [1.82, 2.24) is 4.98 Å². The summed E-state index contributed by atoms with van der Waals surface area (Å²) in [5.74, 6) is 2.37. The fourth-order valence-electron chi connectivity index (χ4n) is 2.68. The topological polar surface area (TPSA) is 52.6 Å². The van der Waals surface area contributed by atoms with Crippen LogP contribution in [0.1, 0.15) is 12.5 Å². The Hall–Kier alpha value is -2.73. The number of thiazole rings is 1. The summed E-state index contributed by atoms with van der Waals surface area (Å²) in [5.41, 5.74) is 4.01. The van der Waals surface area contributed by atoms with Crippen LogP contribution in [0, 0.1) is 6.92 Å². The van der Waals surface area contributed by atoms with E-state index in [1.165, 1.54) is 5.56 Å². The summed E-state index contributed by atoms with van der Waals surface area (Å²) in [4.78, 5) is 4.71. The van der Waals surface area contributed by atoms with Gasteiger partial charge in [-0.15, -0.1) is 11.3 Å². The molecule has 2 heterocycles. The van der Waals surface area contributed by atoms with Gasteiger partial charge in [0.2, 0.25) is 6.79 Å². The van der Waals surface area contributed by atoms with Crippen LogP contribution in [0.5, 0.6) is 17.2 Å². The Morgan fingerprint density at radius 1 is 1.16 bits per heavy atom. The second-order valence-electron chi connectivity index (χ2n) is 5.66. The molecule has 0 saturated heterocycles. The largest absolute Gasteiger partial charge is 0.493 e. The molecule has 0 saturated carbocycles. The number of hydrogen-bond acceptors (Lipinski definition) is 6. The quantitative estimate of drug-likeness (QED) is 0.699. The predicted molar refractivity (Wildman–Crippen MR) is 99.3 cm³/mol. The average molecular weight is 354 g/mol. The lowest BCUT2D eigenvalue weighted by Crippen LogP contribution is -1.95. The molecule has 0 spiro atoms. The molecule has 0 unspecified atom stereocenters. The van der Waals surface area contributed by atoms with Crippen LogP contribution in [0.4, 0.5) is 10.8 Å². The van der Waals surface area contributed by atoms with Gasteiger partial charge in [-0.2, -0.15) is 0 Å². The second kappa shape index (κ2) is 6.64. The number of nitrogens with one attached hydrogen (secondary N) is 1. The van der Waals surface area contributed by atoms with Crippen LogP contribution in [0.2, 0.25) is 0 Å². The minimum Gasteiger partial charge on any atom is -0.493 e. The van der Waals surface area contributed by atoms with Crippen LogP contribution < -0.4 is 19.5 Å². The van der Waals surface area contributed by atoms with E-state index in [1.807, 2.05) is 42.6 Å². The van der Waals surface area contributed by atoms with Gasteiger partial charge in [-0.05, 0) is 38.1 Å². The third-order valence-electron chi connectivity index (χ3n) is 3.84. The summed E-state index contributed by atoms with van der Waals surface area (Å²) in [5, 5.41) is 6.17. The standard InChI is InChI=1S/C19H18N2O3S/c1-3-22-16-6-4-12(2)8-14(16)15-10-25-19(21-15)20-13-5-7-17-18(9-13)24-11-23-17/h4-10H,3,11H2,1-2H3,(H,20,21). The first kappa shape index (κ1) is 15.8. The summed E-state index contributed by atoms with van der Waals surface area (Å²) in [7, 11) is 0. The Morgan fingerprint density at radius 2 is 2.04 bits per heavy atom. The molecule has 4 rings (SSSR count). The lowest BCUT2D eigenvalue weighted by atomic mass is 10.1. The highest BCUT2D eigenvalue weighted by molar-refractivity contribution is 7.14. The van der Waals surface area contributed by atoms with Crippen LogP contribution in [-0.2, 0) is 0 Å².